The highest BCUT2D eigenvalue weighted by atomic mass is 16.5. The van der Waals surface area contributed by atoms with E-state index in [9.17, 15) is 0 Å². The fourth-order valence-corrected chi connectivity index (χ4v) is 1.64. The van der Waals surface area contributed by atoms with Crippen LogP contribution < -0.4 is 10.1 Å². The molecule has 0 amide bonds. The molecule has 104 valence electrons. The van der Waals surface area contributed by atoms with Gasteiger partial charge in [-0.25, -0.2) is 4.68 Å². The van der Waals surface area contributed by atoms with Crippen LogP contribution in [0.5, 0.6) is 5.75 Å². The number of aromatic nitrogens is 3. The third kappa shape index (κ3) is 3.96. The molecule has 7 nitrogen and oxygen atoms in total. The van der Waals surface area contributed by atoms with Gasteiger partial charge in [0.05, 0.1) is 25.9 Å². The van der Waals surface area contributed by atoms with Crippen molar-refractivity contribution in [1.82, 2.24) is 15.0 Å². The highest BCUT2D eigenvalue weighted by Crippen LogP contribution is 2.17. The highest BCUT2D eigenvalue weighted by molar-refractivity contribution is 5.48. The molecule has 1 aromatic carbocycles. The summed E-state index contributed by atoms with van der Waals surface area (Å²) in [5.41, 5.74) is 1.65. The maximum absolute atomic E-state index is 8.80. The molecule has 0 bridgehead atoms. The van der Waals surface area contributed by atoms with Crippen LogP contribution >= 0.6 is 0 Å². The number of benzene rings is 1. The number of nitrogens with zero attached hydrogens (tertiary/aromatic N) is 4. The molecule has 0 spiro atoms. The highest BCUT2D eigenvalue weighted by Gasteiger charge is 2.01. The van der Waals surface area contributed by atoms with Crippen molar-refractivity contribution in [3.8, 4) is 11.8 Å². The third-order valence-corrected chi connectivity index (χ3v) is 2.53. The Morgan fingerprint density at radius 1 is 1.45 bits per heavy atom. The van der Waals surface area contributed by atoms with Crippen molar-refractivity contribution >= 4 is 5.69 Å². The van der Waals surface area contributed by atoms with E-state index in [0.29, 0.717) is 18.8 Å². The number of ether oxygens (including phenoxy) is 1. The van der Waals surface area contributed by atoms with Crippen molar-refractivity contribution in [2.75, 3.05) is 18.5 Å². The maximum atomic E-state index is 8.80. The average molecular weight is 273 g/mol. The lowest BCUT2D eigenvalue weighted by molar-refractivity contribution is 0.268. The lowest BCUT2D eigenvalue weighted by Crippen LogP contribution is -2.02. The topological polar surface area (TPSA) is 96.0 Å². The Morgan fingerprint density at radius 3 is 3.15 bits per heavy atom. The number of hydrogen-bond acceptors (Lipinski definition) is 6. The number of nitriles is 1. The Bertz CT molecular complexity index is 590. The molecule has 20 heavy (non-hydrogen) atoms. The van der Waals surface area contributed by atoms with Gasteiger partial charge in [-0.05, 0) is 12.1 Å². The first kappa shape index (κ1) is 13.8. The second-order valence-corrected chi connectivity index (χ2v) is 4.02. The zero-order valence-electron chi connectivity index (χ0n) is 10.9. The summed E-state index contributed by atoms with van der Waals surface area (Å²) < 4.78 is 6.81. The van der Waals surface area contributed by atoms with E-state index in [1.807, 2.05) is 24.3 Å². The summed E-state index contributed by atoms with van der Waals surface area (Å²) in [5, 5.41) is 28.3. The Hall–Kier alpha value is -2.59. The minimum atomic E-state index is 0.0267. The molecule has 0 aliphatic carbocycles. The Balaban J connectivity index is 1.91. The predicted octanol–water partition coefficient (Wildman–Crippen LogP) is 0.785. The lowest BCUT2D eigenvalue weighted by Gasteiger charge is -2.06. The van der Waals surface area contributed by atoms with Gasteiger partial charge in [0, 0.05) is 11.8 Å². The second-order valence-electron chi connectivity index (χ2n) is 4.02. The van der Waals surface area contributed by atoms with Crippen molar-refractivity contribution in [2.45, 2.75) is 13.1 Å². The van der Waals surface area contributed by atoms with E-state index in [1.54, 1.807) is 16.9 Å². The van der Waals surface area contributed by atoms with Crippen LogP contribution in [0.25, 0.3) is 0 Å². The van der Waals surface area contributed by atoms with Crippen LogP contribution in [0, 0.1) is 11.3 Å². The molecular weight excluding hydrogens is 258 g/mol. The van der Waals surface area contributed by atoms with Crippen LogP contribution in [0.15, 0.2) is 30.5 Å². The van der Waals surface area contributed by atoms with E-state index in [2.05, 4.69) is 15.6 Å². The van der Waals surface area contributed by atoms with Gasteiger partial charge in [0.15, 0.2) is 6.61 Å². The van der Waals surface area contributed by atoms with Crippen LogP contribution in [0.3, 0.4) is 0 Å². The van der Waals surface area contributed by atoms with Gasteiger partial charge >= 0.3 is 0 Å². The van der Waals surface area contributed by atoms with Crippen molar-refractivity contribution in [3.05, 3.63) is 36.2 Å². The van der Waals surface area contributed by atoms with E-state index in [0.717, 1.165) is 11.4 Å². The molecular formula is C13H15N5O2. The molecule has 0 saturated heterocycles. The number of aliphatic hydroxyl groups is 1. The molecule has 1 aromatic heterocycles. The molecule has 0 aliphatic heterocycles. The number of hydrogen-bond donors (Lipinski definition) is 2. The molecule has 0 aliphatic rings. The molecule has 2 aromatic rings. The Kier molecular flexibility index (Phi) is 4.92. The van der Waals surface area contributed by atoms with Crippen molar-refractivity contribution in [2.24, 2.45) is 0 Å². The van der Waals surface area contributed by atoms with E-state index in [1.165, 1.54) is 0 Å². The van der Waals surface area contributed by atoms with Crippen LogP contribution in [0.4, 0.5) is 5.69 Å². The minimum absolute atomic E-state index is 0.0267. The normalized spacial score (nSPS) is 10.0. The van der Waals surface area contributed by atoms with Gasteiger partial charge in [0.25, 0.3) is 0 Å². The van der Waals surface area contributed by atoms with Gasteiger partial charge in [-0.2, -0.15) is 5.26 Å². The average Bonchev–Trinajstić information content (AvgIpc) is 2.92. The molecule has 2 rings (SSSR count). The fourth-order valence-electron chi connectivity index (χ4n) is 1.64. The van der Waals surface area contributed by atoms with Crippen molar-refractivity contribution in [3.63, 3.8) is 0 Å². The summed E-state index contributed by atoms with van der Waals surface area (Å²) in [5.74, 6) is 0.639. The van der Waals surface area contributed by atoms with Gasteiger partial charge < -0.3 is 15.2 Å². The van der Waals surface area contributed by atoms with E-state index in [4.69, 9.17) is 15.1 Å². The monoisotopic (exact) mass is 273 g/mol. The third-order valence-electron chi connectivity index (χ3n) is 2.53. The number of aliphatic hydroxyl groups excluding tert-OH is 1. The van der Waals surface area contributed by atoms with Crippen LogP contribution in [-0.2, 0) is 13.1 Å². The fraction of sp³-hybridized carbons (Fsp3) is 0.308. The number of anilines is 1. The zero-order chi connectivity index (χ0) is 14.2. The summed E-state index contributed by atoms with van der Waals surface area (Å²) in [6.07, 6.45) is 1.78. The first-order valence-electron chi connectivity index (χ1n) is 6.15. The number of nitrogens with one attached hydrogen (secondary N) is 1. The van der Waals surface area contributed by atoms with E-state index >= 15 is 0 Å². The van der Waals surface area contributed by atoms with Crippen LogP contribution in [-0.4, -0.2) is 33.3 Å². The standard InChI is InChI=1S/C13H15N5O2/c14-4-7-20-13-3-1-2-11(8-13)15-9-12-10-18(5-6-19)17-16-12/h1-3,8,10,15,19H,5-7,9H2. The largest absolute Gasteiger partial charge is 0.479 e. The molecule has 0 saturated carbocycles. The SMILES string of the molecule is N#CCOc1cccc(NCc2cn(CCO)nn2)c1. The summed E-state index contributed by atoms with van der Waals surface area (Å²) in [6.45, 7) is 1.02. The maximum Gasteiger partial charge on any atom is 0.174 e. The molecule has 0 unspecified atom stereocenters. The molecule has 1 heterocycles. The Labute approximate surface area is 116 Å². The van der Waals surface area contributed by atoms with Gasteiger partial charge in [-0.15, -0.1) is 5.10 Å². The van der Waals surface area contributed by atoms with Gasteiger partial charge in [-0.3, -0.25) is 0 Å². The second kappa shape index (κ2) is 7.11. The summed E-state index contributed by atoms with van der Waals surface area (Å²) in [4.78, 5) is 0. The Morgan fingerprint density at radius 2 is 2.35 bits per heavy atom. The van der Waals surface area contributed by atoms with E-state index < -0.39 is 0 Å². The summed E-state index contributed by atoms with van der Waals surface area (Å²) in [6, 6.07) is 9.28. The van der Waals surface area contributed by atoms with E-state index in [-0.39, 0.29) is 13.2 Å². The quantitative estimate of drug-likeness (QED) is 0.774. The summed E-state index contributed by atoms with van der Waals surface area (Å²) in [7, 11) is 0. The molecule has 2 N–H and O–H groups in total. The molecule has 7 heteroatoms. The number of rotatable bonds is 7. The van der Waals surface area contributed by atoms with Crippen LogP contribution in [0.1, 0.15) is 5.69 Å². The van der Waals surface area contributed by atoms with Gasteiger partial charge in [-0.1, -0.05) is 11.3 Å². The molecule has 0 atom stereocenters. The smallest absolute Gasteiger partial charge is 0.174 e. The summed E-state index contributed by atoms with van der Waals surface area (Å²) >= 11 is 0. The first-order chi connectivity index (χ1) is 9.81. The van der Waals surface area contributed by atoms with Gasteiger partial charge in [0.1, 0.15) is 17.5 Å². The van der Waals surface area contributed by atoms with Crippen molar-refractivity contribution in [1.29, 1.82) is 5.26 Å². The lowest BCUT2D eigenvalue weighted by atomic mass is 10.3. The van der Waals surface area contributed by atoms with Crippen molar-refractivity contribution < 1.29 is 9.84 Å². The first-order valence-corrected chi connectivity index (χ1v) is 6.15. The van der Waals surface area contributed by atoms with Gasteiger partial charge in [0.2, 0.25) is 0 Å². The molecule has 0 fully saturated rings. The zero-order valence-corrected chi connectivity index (χ0v) is 10.9. The minimum Gasteiger partial charge on any atom is -0.479 e. The molecule has 0 radical (unpaired) electrons. The predicted molar refractivity (Wildman–Crippen MR) is 72.0 cm³/mol. The van der Waals surface area contributed by atoms with Crippen LogP contribution in [0.2, 0.25) is 0 Å².